The maximum Gasteiger partial charge on any atom is 0.262 e. The normalized spacial score (nSPS) is 20.4. The van der Waals surface area contributed by atoms with E-state index >= 15 is 0 Å². The summed E-state index contributed by atoms with van der Waals surface area (Å²) in [6, 6.07) is 7.76. The van der Waals surface area contributed by atoms with Crippen molar-refractivity contribution in [3.05, 3.63) is 53.9 Å². The number of hydrogen-bond donors (Lipinski definition) is 2. The Hall–Kier alpha value is -2.87. The first-order chi connectivity index (χ1) is 12.9. The summed E-state index contributed by atoms with van der Waals surface area (Å²) in [6.45, 7) is 0.0531. The number of amides is 2. The molecular weight excluding hydrogens is 354 g/mol. The molecule has 3 heterocycles. The van der Waals surface area contributed by atoms with Gasteiger partial charge in [0.25, 0.3) is 11.8 Å². The molecule has 8 heteroatoms. The first kappa shape index (κ1) is 17.5. The molecule has 0 aliphatic carbocycles. The summed E-state index contributed by atoms with van der Waals surface area (Å²) in [6.07, 6.45) is 3.29. The van der Waals surface area contributed by atoms with Gasteiger partial charge in [0.05, 0.1) is 18.2 Å². The van der Waals surface area contributed by atoms with Gasteiger partial charge in [0, 0.05) is 36.7 Å². The zero-order chi connectivity index (χ0) is 19.0. The third-order valence-corrected chi connectivity index (χ3v) is 4.82. The van der Waals surface area contributed by atoms with Crippen LogP contribution in [0.1, 0.15) is 22.3 Å². The van der Waals surface area contributed by atoms with Gasteiger partial charge in [0.1, 0.15) is 0 Å². The summed E-state index contributed by atoms with van der Waals surface area (Å²) in [7, 11) is 0. The fourth-order valence-electron chi connectivity index (χ4n) is 3.47. The highest BCUT2D eigenvalue weighted by Gasteiger charge is 2.42. The molecule has 1 aromatic heterocycles. The minimum absolute atomic E-state index is 0.129. The largest absolute Gasteiger partial charge is 0.325 e. The van der Waals surface area contributed by atoms with Gasteiger partial charge < -0.3 is 10.2 Å². The second kappa shape index (κ2) is 6.70. The molecule has 1 saturated heterocycles. The van der Waals surface area contributed by atoms with E-state index in [-0.39, 0.29) is 5.91 Å². The number of nitrogens with zero attached hydrogens (tertiary/aromatic N) is 2. The quantitative estimate of drug-likeness (QED) is 0.867. The van der Waals surface area contributed by atoms with Gasteiger partial charge in [-0.05, 0) is 42.3 Å². The van der Waals surface area contributed by atoms with Crippen molar-refractivity contribution in [2.45, 2.75) is 24.8 Å². The van der Waals surface area contributed by atoms with Crippen molar-refractivity contribution in [3.8, 4) is 0 Å². The monoisotopic (exact) mass is 372 g/mol. The Morgan fingerprint density at radius 2 is 2.15 bits per heavy atom. The Morgan fingerprint density at radius 1 is 1.30 bits per heavy atom. The topological polar surface area (TPSA) is 74.3 Å². The molecule has 0 bridgehead atoms. The van der Waals surface area contributed by atoms with Gasteiger partial charge in [-0.15, -0.1) is 0 Å². The molecule has 27 heavy (non-hydrogen) atoms. The number of alkyl halides is 2. The molecule has 2 aliphatic heterocycles. The highest BCUT2D eigenvalue weighted by Crippen LogP contribution is 2.32. The molecule has 2 aliphatic rings. The lowest BCUT2D eigenvalue weighted by atomic mass is 10.1. The summed E-state index contributed by atoms with van der Waals surface area (Å²) in [5, 5.41) is 5.22. The van der Waals surface area contributed by atoms with Crippen LogP contribution >= 0.6 is 0 Å². The molecule has 4 rings (SSSR count). The van der Waals surface area contributed by atoms with E-state index in [0.29, 0.717) is 24.2 Å². The van der Waals surface area contributed by atoms with Gasteiger partial charge >= 0.3 is 0 Å². The van der Waals surface area contributed by atoms with Crippen LogP contribution in [-0.2, 0) is 11.2 Å². The van der Waals surface area contributed by atoms with E-state index < -0.39 is 30.8 Å². The number of hydrogen-bond acceptors (Lipinski definition) is 4. The lowest BCUT2D eigenvalue weighted by Gasteiger charge is -2.18. The van der Waals surface area contributed by atoms with Gasteiger partial charge in [-0.25, -0.2) is 8.78 Å². The van der Waals surface area contributed by atoms with Crippen molar-refractivity contribution in [2.75, 3.05) is 23.3 Å². The summed E-state index contributed by atoms with van der Waals surface area (Å²) in [4.78, 5) is 30.5. The van der Waals surface area contributed by atoms with Crippen molar-refractivity contribution in [2.24, 2.45) is 0 Å². The first-order valence-corrected chi connectivity index (χ1v) is 8.70. The van der Waals surface area contributed by atoms with E-state index in [1.807, 2.05) is 0 Å². The van der Waals surface area contributed by atoms with E-state index in [2.05, 4.69) is 15.6 Å². The average molecular weight is 372 g/mol. The molecule has 6 nitrogen and oxygen atoms in total. The van der Waals surface area contributed by atoms with Gasteiger partial charge in [-0.3, -0.25) is 19.9 Å². The Balaban J connectivity index is 1.47. The second-order valence-electron chi connectivity index (χ2n) is 6.77. The minimum atomic E-state index is -2.85. The van der Waals surface area contributed by atoms with Gasteiger partial charge in [0.2, 0.25) is 5.91 Å². The van der Waals surface area contributed by atoms with Crippen molar-refractivity contribution < 1.29 is 18.4 Å². The predicted octanol–water partition coefficient (Wildman–Crippen LogP) is 2.22. The number of benzene rings is 1. The van der Waals surface area contributed by atoms with Crippen LogP contribution in [0.3, 0.4) is 0 Å². The summed E-state index contributed by atoms with van der Waals surface area (Å²) >= 11 is 0. The SMILES string of the molecule is O=C(Nc1ccc2c(c1)CCN2C(=O)c1cccnc1)C1CC(F)(F)CN1. The zero-order valence-electron chi connectivity index (χ0n) is 14.4. The smallest absolute Gasteiger partial charge is 0.262 e. The third-order valence-electron chi connectivity index (χ3n) is 4.82. The minimum Gasteiger partial charge on any atom is -0.325 e. The van der Waals surface area contributed by atoms with Crippen LogP contribution in [0.5, 0.6) is 0 Å². The molecule has 1 fully saturated rings. The Morgan fingerprint density at radius 3 is 2.85 bits per heavy atom. The molecule has 2 aromatic rings. The van der Waals surface area contributed by atoms with Crippen LogP contribution in [0.2, 0.25) is 0 Å². The number of halogens is 2. The van der Waals surface area contributed by atoms with Crippen LogP contribution in [-0.4, -0.2) is 41.9 Å². The van der Waals surface area contributed by atoms with Crippen LogP contribution < -0.4 is 15.5 Å². The lowest BCUT2D eigenvalue weighted by Crippen LogP contribution is -2.35. The number of pyridine rings is 1. The van der Waals surface area contributed by atoms with Crippen LogP contribution in [0, 0.1) is 0 Å². The standard InChI is InChI=1S/C19H18F2N4O2/c20-19(21)9-15(23-11-19)17(26)24-14-3-4-16-12(8-14)5-7-25(16)18(27)13-2-1-6-22-10-13/h1-4,6,8,10,15,23H,5,7,9,11H2,(H,24,26). The molecule has 1 atom stereocenters. The predicted molar refractivity (Wildman–Crippen MR) is 96.0 cm³/mol. The maximum absolute atomic E-state index is 13.2. The number of nitrogens with one attached hydrogen (secondary N) is 2. The number of anilines is 2. The third kappa shape index (κ3) is 3.52. The molecule has 1 unspecified atom stereocenters. The molecule has 0 spiro atoms. The molecule has 2 N–H and O–H groups in total. The highest BCUT2D eigenvalue weighted by molar-refractivity contribution is 6.07. The Bertz CT molecular complexity index is 889. The molecular formula is C19H18F2N4O2. The first-order valence-electron chi connectivity index (χ1n) is 8.70. The fraction of sp³-hybridized carbons (Fsp3) is 0.316. The van der Waals surface area contributed by atoms with Crippen molar-refractivity contribution in [1.29, 1.82) is 0 Å². The molecule has 140 valence electrons. The Kier molecular flexibility index (Phi) is 4.35. The van der Waals surface area contributed by atoms with Gasteiger partial charge in [0.15, 0.2) is 0 Å². The number of fused-ring (bicyclic) bond motifs is 1. The van der Waals surface area contributed by atoms with E-state index in [0.717, 1.165) is 11.3 Å². The van der Waals surface area contributed by atoms with Crippen molar-refractivity contribution in [1.82, 2.24) is 10.3 Å². The summed E-state index contributed by atoms with van der Waals surface area (Å²) in [5.74, 6) is -3.46. The second-order valence-corrected chi connectivity index (χ2v) is 6.77. The van der Waals surface area contributed by atoms with Gasteiger partial charge in [-0.2, -0.15) is 0 Å². The molecule has 0 radical (unpaired) electrons. The van der Waals surface area contributed by atoms with Crippen molar-refractivity contribution in [3.63, 3.8) is 0 Å². The molecule has 1 aromatic carbocycles. The molecule has 2 amide bonds. The summed E-state index contributed by atoms with van der Waals surface area (Å²) in [5.41, 5.74) is 2.75. The van der Waals surface area contributed by atoms with Gasteiger partial charge in [-0.1, -0.05) is 0 Å². The summed E-state index contributed by atoms with van der Waals surface area (Å²) < 4.78 is 26.5. The van der Waals surface area contributed by atoms with Crippen LogP contribution in [0.15, 0.2) is 42.7 Å². The number of carbonyl (C=O) groups excluding carboxylic acids is 2. The Labute approximate surface area is 154 Å². The molecule has 0 saturated carbocycles. The highest BCUT2D eigenvalue weighted by atomic mass is 19.3. The average Bonchev–Trinajstić information content (AvgIpc) is 3.24. The number of aromatic nitrogens is 1. The van der Waals surface area contributed by atoms with Crippen molar-refractivity contribution >= 4 is 23.2 Å². The van der Waals surface area contributed by atoms with Crippen LogP contribution in [0.25, 0.3) is 0 Å². The fourth-order valence-corrected chi connectivity index (χ4v) is 3.47. The number of carbonyl (C=O) groups is 2. The van der Waals surface area contributed by atoms with E-state index in [1.165, 1.54) is 6.20 Å². The van der Waals surface area contributed by atoms with E-state index in [4.69, 9.17) is 0 Å². The van der Waals surface area contributed by atoms with Crippen LogP contribution in [0.4, 0.5) is 20.2 Å². The van der Waals surface area contributed by atoms with E-state index in [1.54, 1.807) is 41.4 Å². The lowest BCUT2D eigenvalue weighted by molar-refractivity contribution is -0.118. The zero-order valence-corrected chi connectivity index (χ0v) is 14.4. The number of rotatable bonds is 3. The van der Waals surface area contributed by atoms with E-state index in [9.17, 15) is 18.4 Å². The maximum atomic E-state index is 13.2.